The summed E-state index contributed by atoms with van der Waals surface area (Å²) in [4.78, 5) is 122. The largest absolute Gasteiger partial charge is 0.461 e. The van der Waals surface area contributed by atoms with Crippen LogP contribution in [0.2, 0.25) is 0 Å². The van der Waals surface area contributed by atoms with E-state index in [9.17, 15) is 42.7 Å². The van der Waals surface area contributed by atoms with Crippen LogP contribution in [0.4, 0.5) is 10.2 Å². The molecule has 3 aliphatic heterocycles. The summed E-state index contributed by atoms with van der Waals surface area (Å²) in [6, 6.07) is 67.0. The van der Waals surface area contributed by atoms with E-state index in [-0.39, 0.29) is 95.9 Å². The van der Waals surface area contributed by atoms with Crippen LogP contribution in [0, 0.1) is 31.0 Å². The Morgan fingerprint density at radius 2 is 1.01 bits per heavy atom. The Morgan fingerprint density at radius 1 is 0.493 bits per heavy atom. The zero-order chi connectivity index (χ0) is 96.7. The average molecular weight is 1840 g/mol. The molecule has 0 unspecified atom stereocenters. The highest BCUT2D eigenvalue weighted by atomic mass is 19.1. The van der Waals surface area contributed by atoms with Gasteiger partial charge >= 0.3 is 0 Å². The highest BCUT2D eigenvalue weighted by Crippen LogP contribution is 2.30. The lowest BCUT2D eigenvalue weighted by Crippen LogP contribution is -2.51. The second-order valence-electron chi connectivity index (χ2n) is 37.3. The Hall–Kier alpha value is -12.9. The fraction of sp³-hybridized carbons (Fsp3) is 0.393. The van der Waals surface area contributed by atoms with E-state index < -0.39 is 24.0 Å². The van der Waals surface area contributed by atoms with Crippen LogP contribution in [-0.2, 0) is 89.8 Å². The molecule has 3 saturated heterocycles. The van der Waals surface area contributed by atoms with Crippen LogP contribution in [0.25, 0.3) is 43.3 Å². The molecule has 0 spiro atoms. The quantitative estimate of drug-likeness (QED) is 0.0128. The zero-order valence-corrected chi connectivity index (χ0v) is 80.2. The van der Waals surface area contributed by atoms with E-state index in [2.05, 4.69) is 145 Å². The Balaban J connectivity index is 0.000000163. The van der Waals surface area contributed by atoms with Crippen LogP contribution < -0.4 is 43.4 Å². The number of anilines is 1. The molecule has 3 aliphatic rings. The number of halogens is 1. The summed E-state index contributed by atoms with van der Waals surface area (Å²) in [5, 5.41) is 33.6. The number of carbonyl (C=O) groups excluding carboxylic acids is 8. The number of aromatic nitrogens is 3. The smallest absolute Gasteiger partial charge is 0.237 e. The van der Waals surface area contributed by atoms with Crippen molar-refractivity contribution in [3.8, 4) is 0 Å². The minimum Gasteiger partial charge on any atom is -0.461 e. The lowest BCUT2D eigenvalue weighted by molar-refractivity contribution is -0.130. The van der Waals surface area contributed by atoms with Crippen LogP contribution in [0.1, 0.15) is 194 Å². The van der Waals surface area contributed by atoms with Crippen molar-refractivity contribution in [2.75, 3.05) is 25.4 Å². The van der Waals surface area contributed by atoms with Gasteiger partial charge in [0, 0.05) is 121 Å². The van der Waals surface area contributed by atoms with E-state index in [1.807, 2.05) is 143 Å². The van der Waals surface area contributed by atoms with Gasteiger partial charge < -0.3 is 47.8 Å². The van der Waals surface area contributed by atoms with Crippen molar-refractivity contribution in [2.45, 2.75) is 258 Å². The number of nitrogens with one attached hydrogen (secondary N) is 7. The molecule has 4 amide bonds. The number of amides is 4. The molecule has 12 aromatic rings. The van der Waals surface area contributed by atoms with Gasteiger partial charge in [0.05, 0.1) is 48.7 Å². The maximum Gasteiger partial charge on any atom is 0.237 e. The van der Waals surface area contributed by atoms with Gasteiger partial charge in [0.1, 0.15) is 28.8 Å². The van der Waals surface area contributed by atoms with Crippen molar-refractivity contribution in [3.05, 3.63) is 298 Å². The lowest BCUT2D eigenvalue weighted by atomic mass is 9.89. The number of hydrogen-bond donors (Lipinski definition) is 9. The molecular weight excluding hydrogens is 1700 g/mol. The molecule has 0 bridgehead atoms. The van der Waals surface area contributed by atoms with E-state index >= 15 is 0 Å². The number of ketones is 4. The Labute approximate surface area is 799 Å². The molecule has 23 nitrogen and oxygen atoms in total. The van der Waals surface area contributed by atoms with Gasteiger partial charge in [0.15, 0.2) is 23.1 Å². The molecule has 714 valence electrons. The summed E-state index contributed by atoms with van der Waals surface area (Å²) in [7, 11) is 0. The number of nitrogen functional groups attached to an aromatic ring is 2. The van der Waals surface area contributed by atoms with E-state index in [0.717, 1.165) is 134 Å². The topological polar surface area (TPSA) is 343 Å². The second kappa shape index (κ2) is 50.6. The number of pyridine rings is 3. The fourth-order valence-corrected chi connectivity index (χ4v) is 18.7. The van der Waals surface area contributed by atoms with Crippen LogP contribution in [0.15, 0.2) is 235 Å². The van der Waals surface area contributed by atoms with Gasteiger partial charge in [-0.3, -0.25) is 63.5 Å². The molecular formula is C112H135FN14O9. The minimum absolute atomic E-state index is 0.0137. The molecule has 10 atom stereocenters. The van der Waals surface area contributed by atoms with Crippen molar-refractivity contribution in [1.29, 1.82) is 5.41 Å². The number of Topliss-reactive ketones (excluding diaryl/α,β-unsaturated/α-hetero) is 4. The summed E-state index contributed by atoms with van der Waals surface area (Å²) in [5.74, 6) is -0.0116. The zero-order valence-electron chi connectivity index (χ0n) is 80.2. The summed E-state index contributed by atoms with van der Waals surface area (Å²) >= 11 is 0. The third-order valence-corrected chi connectivity index (χ3v) is 26.6. The number of nitrogens with zero attached hydrogens (tertiary/aromatic N) is 5. The van der Waals surface area contributed by atoms with Gasteiger partial charge in [-0.25, -0.2) is 9.37 Å². The molecule has 7 heterocycles. The molecule has 15 rings (SSSR count). The molecule has 24 heteroatoms. The molecule has 0 aliphatic carbocycles. The first kappa shape index (κ1) is 102. The number of aryl methyl sites for hydroxylation is 6. The molecule has 136 heavy (non-hydrogen) atoms. The number of likely N-dealkylation sites (tertiary alicyclic amines) is 2. The van der Waals surface area contributed by atoms with E-state index in [0.29, 0.717) is 118 Å². The molecule has 8 aromatic carbocycles. The van der Waals surface area contributed by atoms with Gasteiger partial charge in [0.25, 0.3) is 0 Å². The summed E-state index contributed by atoms with van der Waals surface area (Å²) < 4.78 is 19.2. The number of piperidine rings is 2. The first-order chi connectivity index (χ1) is 65.5. The number of benzene rings is 8. The monoisotopic (exact) mass is 1840 g/mol. The molecule has 3 fully saturated rings. The number of rotatable bonds is 38. The van der Waals surface area contributed by atoms with Crippen molar-refractivity contribution >= 4 is 102 Å². The SMILES string of the molecule is CC(C)N[C@H](CCc1ccccc1)C(=O)N[C@@H](C)C(=O)CCc1cc2c(N)nccc2o1.Cc1nccc2cc(CCC(=O)[C@H](Cc3ccc(F)cc3)NC(=O)CN3[C@H](C)CCC[C@@H]3C)ccc12.Cc1nccc2cc(CCC(=O)[C@H](Cc3ccccc3)NC(=O)CN3[C@H](C)CCC[C@@H]3C)ccc12.N=C(N)c1ccc(CNC(=O)[C@@H](CC(=O)[C@H]2CCCN2)Cc2cccc3ccccc23)cc1. The fourth-order valence-electron chi connectivity index (χ4n) is 18.7. The van der Waals surface area contributed by atoms with Crippen molar-refractivity contribution in [2.24, 2.45) is 11.7 Å². The predicted octanol–water partition coefficient (Wildman–Crippen LogP) is 16.9. The Kier molecular flexibility index (Phi) is 38.0. The first-order valence-corrected chi connectivity index (χ1v) is 48.4. The predicted molar refractivity (Wildman–Crippen MR) is 540 cm³/mol. The highest BCUT2D eigenvalue weighted by molar-refractivity contribution is 5.96. The number of amidine groups is 1. The highest BCUT2D eigenvalue weighted by Gasteiger charge is 2.34. The molecule has 4 aromatic heterocycles. The van der Waals surface area contributed by atoms with Gasteiger partial charge in [-0.1, -0.05) is 203 Å². The van der Waals surface area contributed by atoms with Crippen LogP contribution in [-0.4, -0.2) is 157 Å². The number of hydrogen-bond acceptors (Lipinski definition) is 18. The van der Waals surface area contributed by atoms with Crippen LogP contribution >= 0.6 is 0 Å². The van der Waals surface area contributed by atoms with E-state index in [1.165, 1.54) is 30.5 Å². The van der Waals surface area contributed by atoms with Crippen molar-refractivity contribution in [3.63, 3.8) is 0 Å². The Morgan fingerprint density at radius 3 is 1.55 bits per heavy atom. The second-order valence-corrected chi connectivity index (χ2v) is 37.3. The minimum atomic E-state index is -0.648. The molecule has 0 radical (unpaired) electrons. The third-order valence-electron chi connectivity index (χ3n) is 26.6. The van der Waals surface area contributed by atoms with Crippen molar-refractivity contribution < 1.29 is 47.2 Å². The number of nitrogens with two attached hydrogens (primary N) is 2. The third kappa shape index (κ3) is 30.3. The maximum atomic E-state index is 13.4. The van der Waals surface area contributed by atoms with Crippen LogP contribution in [0.3, 0.4) is 0 Å². The first-order valence-electron chi connectivity index (χ1n) is 48.4. The van der Waals surface area contributed by atoms with Crippen LogP contribution in [0.5, 0.6) is 0 Å². The van der Waals surface area contributed by atoms with E-state index in [4.69, 9.17) is 21.3 Å². The van der Waals surface area contributed by atoms with Crippen molar-refractivity contribution in [1.82, 2.24) is 56.7 Å². The van der Waals surface area contributed by atoms with Gasteiger partial charge in [-0.2, -0.15) is 0 Å². The van der Waals surface area contributed by atoms with Gasteiger partial charge in [0.2, 0.25) is 23.6 Å². The number of furan rings is 1. The lowest BCUT2D eigenvalue weighted by Gasteiger charge is -2.38. The van der Waals surface area contributed by atoms with Gasteiger partial charge in [-0.15, -0.1) is 0 Å². The summed E-state index contributed by atoms with van der Waals surface area (Å²) in [5.41, 5.74) is 21.9. The standard InChI is InChI=1S/C30H36FN3O2.C30H37N3O2.C27H30N4O2.C25H32N4O3/c1-20-5-4-6-21(2)34(20)19-30(36)33-28(18-24-7-11-26(31)12-8-24)29(35)14-10-23-9-13-27-22(3)32-16-15-25(27)17-23;1-21-8-7-9-22(2)33(21)20-30(35)32-28(19-24-10-5-4-6-11-24)29(34)15-13-25-12-14-27-23(3)31-17-16-26(27)18-25;28-26(29)20-12-10-18(11-13-20)17-31-27(33)22(16-25(32)24-9-4-14-30-24)15-21-7-3-6-19-5-1-2-8-23(19)21;1-16(2)28-21(11-9-18-7-5-4-6-8-18)25(31)29-17(3)22(30)12-10-19-15-20-23(32-19)13-14-27-24(20)26/h7-9,11-13,15-17,20-21,28H,4-6,10,14,18-19H2,1-3H3,(H,33,36);4-6,10-12,14,16-18,21-22,28H,7-9,13,15,19-20H2,1-3H3,(H,32,35);1-3,5-8,10-13,22,24,30H,4,9,14-17H2,(H3,28,29)(H,31,33);4-8,13-17,21,28H,9-12H2,1-3H3,(H2,26,27)(H,29,31)/t20-,21+,28-;21-,22+,28-;22-,24-;17-,21+/m0010/s1. The maximum absolute atomic E-state index is 13.4. The van der Waals surface area contributed by atoms with Gasteiger partial charge in [-0.05, 0) is 235 Å². The summed E-state index contributed by atoms with van der Waals surface area (Å²) in [6.07, 6.45) is 19.5. The molecule has 0 saturated carbocycles. The number of fused-ring (bicyclic) bond motifs is 4. The summed E-state index contributed by atoms with van der Waals surface area (Å²) in [6.45, 7) is 20.3. The molecule has 11 N–H and O–H groups in total. The van der Waals surface area contributed by atoms with E-state index in [1.54, 1.807) is 49.6 Å². The average Bonchev–Trinajstić information content (AvgIpc) is 1.74. The number of carbonyl (C=O) groups is 8. The normalized spacial score (nSPS) is 17.2. The Bertz CT molecular complexity index is 6000.